The summed E-state index contributed by atoms with van der Waals surface area (Å²) in [5.74, 6) is 0.198. The van der Waals surface area contributed by atoms with Gasteiger partial charge in [-0.2, -0.15) is 0 Å². The standard InChI is InChI=1S/C23H27FN4O5S/c1-32-16-6-9-18(10-7-16)34(30,31)26-21-11-8-17(33-23(21)15-29)12-13-28-14-22(25-27-28)19-4-2-3-5-20(19)24/h2-7,9-10,14,17,21,23,26,29H,8,11-13,15H2,1H3/t17-,21+,23-/m0/s1. The lowest BCUT2D eigenvalue weighted by Crippen LogP contribution is -2.50. The minimum Gasteiger partial charge on any atom is -0.497 e. The molecule has 3 atom stereocenters. The molecule has 34 heavy (non-hydrogen) atoms. The Morgan fingerprint density at radius 3 is 2.68 bits per heavy atom. The van der Waals surface area contributed by atoms with E-state index in [1.807, 2.05) is 0 Å². The Morgan fingerprint density at radius 1 is 1.21 bits per heavy atom. The molecule has 1 aliphatic heterocycles. The highest BCUT2D eigenvalue weighted by Crippen LogP contribution is 2.25. The van der Waals surface area contributed by atoms with Crippen LogP contribution in [-0.2, 0) is 21.3 Å². The molecular weight excluding hydrogens is 463 g/mol. The fourth-order valence-corrected chi connectivity index (χ4v) is 5.28. The van der Waals surface area contributed by atoms with E-state index in [0.717, 1.165) is 0 Å². The summed E-state index contributed by atoms with van der Waals surface area (Å²) in [7, 11) is -2.27. The van der Waals surface area contributed by atoms with Crippen molar-refractivity contribution in [3.8, 4) is 17.0 Å². The number of ether oxygens (including phenoxy) is 2. The Balaban J connectivity index is 1.33. The number of aromatic nitrogens is 3. The van der Waals surface area contributed by atoms with Crippen LogP contribution in [0.2, 0.25) is 0 Å². The summed E-state index contributed by atoms with van der Waals surface area (Å²) in [6.45, 7) is 0.180. The van der Waals surface area contributed by atoms with Gasteiger partial charge in [-0.1, -0.05) is 17.3 Å². The summed E-state index contributed by atoms with van der Waals surface area (Å²) in [4.78, 5) is 0.115. The zero-order valence-electron chi connectivity index (χ0n) is 18.7. The van der Waals surface area contributed by atoms with Crippen LogP contribution in [0.3, 0.4) is 0 Å². The number of rotatable bonds is 9. The topological polar surface area (TPSA) is 116 Å². The smallest absolute Gasteiger partial charge is 0.240 e. The Hall–Kier alpha value is -2.86. The molecule has 3 aromatic rings. The fraction of sp³-hybridized carbons (Fsp3) is 0.391. The second-order valence-corrected chi connectivity index (χ2v) is 9.81. The third-order valence-electron chi connectivity index (χ3n) is 5.84. The van der Waals surface area contributed by atoms with Crippen LogP contribution < -0.4 is 9.46 Å². The molecule has 4 rings (SSSR count). The maximum absolute atomic E-state index is 14.0. The monoisotopic (exact) mass is 490 g/mol. The van der Waals surface area contributed by atoms with Crippen molar-refractivity contribution >= 4 is 10.0 Å². The summed E-state index contributed by atoms with van der Waals surface area (Å²) in [6, 6.07) is 11.9. The highest BCUT2D eigenvalue weighted by Gasteiger charge is 2.34. The molecule has 0 saturated carbocycles. The summed E-state index contributed by atoms with van der Waals surface area (Å²) in [6.07, 6.45) is 2.55. The predicted octanol–water partition coefficient (Wildman–Crippen LogP) is 2.37. The van der Waals surface area contributed by atoms with Gasteiger partial charge in [0.25, 0.3) is 0 Å². The second kappa shape index (κ2) is 10.6. The van der Waals surface area contributed by atoms with Crippen molar-refractivity contribution in [1.29, 1.82) is 0 Å². The van der Waals surface area contributed by atoms with E-state index in [4.69, 9.17) is 9.47 Å². The first-order valence-corrected chi connectivity index (χ1v) is 12.5. The third kappa shape index (κ3) is 5.61. The van der Waals surface area contributed by atoms with Crippen molar-refractivity contribution < 1.29 is 27.4 Å². The predicted molar refractivity (Wildman–Crippen MR) is 122 cm³/mol. The molecule has 2 N–H and O–H groups in total. The Kier molecular flexibility index (Phi) is 7.57. The molecule has 1 fully saturated rings. The van der Waals surface area contributed by atoms with Gasteiger partial charge in [0.1, 0.15) is 17.3 Å². The van der Waals surface area contributed by atoms with Crippen molar-refractivity contribution in [3.63, 3.8) is 0 Å². The van der Waals surface area contributed by atoms with Crippen LogP contribution in [0.4, 0.5) is 4.39 Å². The molecule has 11 heteroatoms. The molecule has 2 heterocycles. The summed E-state index contributed by atoms with van der Waals surface area (Å²) >= 11 is 0. The molecule has 9 nitrogen and oxygen atoms in total. The number of methoxy groups -OCH3 is 1. The van der Waals surface area contributed by atoms with Gasteiger partial charge in [-0.15, -0.1) is 5.10 Å². The number of hydrogen-bond donors (Lipinski definition) is 2. The molecule has 0 amide bonds. The molecular formula is C23H27FN4O5S. The second-order valence-electron chi connectivity index (χ2n) is 8.10. The number of hydrogen-bond acceptors (Lipinski definition) is 7. The van der Waals surface area contributed by atoms with Crippen LogP contribution in [0.15, 0.2) is 59.6 Å². The lowest BCUT2D eigenvalue weighted by atomic mass is 9.98. The van der Waals surface area contributed by atoms with Crippen molar-refractivity contribution in [2.75, 3.05) is 13.7 Å². The van der Waals surface area contributed by atoms with E-state index >= 15 is 0 Å². The van der Waals surface area contributed by atoms with E-state index < -0.39 is 22.2 Å². The SMILES string of the molecule is COc1ccc(S(=O)(=O)N[C@@H]2CC[C@@H](CCn3cc(-c4ccccc4F)nn3)O[C@H]2CO)cc1. The van der Waals surface area contributed by atoms with Crippen LogP contribution in [0.1, 0.15) is 19.3 Å². The van der Waals surface area contributed by atoms with E-state index in [1.54, 1.807) is 41.2 Å². The number of nitrogens with one attached hydrogen (secondary N) is 1. The zero-order chi connectivity index (χ0) is 24.1. The molecule has 2 aromatic carbocycles. The Bertz CT molecular complexity index is 1200. The number of aliphatic hydroxyl groups is 1. The molecule has 0 radical (unpaired) electrons. The van der Waals surface area contributed by atoms with Gasteiger partial charge in [-0.3, -0.25) is 4.68 Å². The summed E-state index contributed by atoms with van der Waals surface area (Å²) < 4.78 is 54.8. The average molecular weight is 491 g/mol. The number of aliphatic hydroxyl groups excluding tert-OH is 1. The maximum atomic E-state index is 14.0. The highest BCUT2D eigenvalue weighted by molar-refractivity contribution is 7.89. The fourth-order valence-electron chi connectivity index (χ4n) is 3.98. The maximum Gasteiger partial charge on any atom is 0.240 e. The van der Waals surface area contributed by atoms with Crippen LogP contribution in [0, 0.1) is 5.82 Å². The molecule has 1 saturated heterocycles. The van der Waals surface area contributed by atoms with E-state index in [1.165, 1.54) is 25.3 Å². The van der Waals surface area contributed by atoms with Crippen LogP contribution in [-0.4, -0.2) is 60.5 Å². The number of sulfonamides is 1. The van der Waals surface area contributed by atoms with Gasteiger partial charge < -0.3 is 14.6 Å². The van der Waals surface area contributed by atoms with Crippen molar-refractivity contribution in [2.24, 2.45) is 0 Å². The van der Waals surface area contributed by atoms with E-state index in [2.05, 4.69) is 15.0 Å². The first-order valence-electron chi connectivity index (χ1n) is 11.0. The van der Waals surface area contributed by atoms with Crippen LogP contribution in [0.5, 0.6) is 5.75 Å². The summed E-state index contributed by atoms with van der Waals surface area (Å²) in [5, 5.41) is 17.9. The number of halogens is 1. The molecule has 1 aromatic heterocycles. The number of benzene rings is 2. The van der Waals surface area contributed by atoms with Crippen molar-refractivity contribution in [1.82, 2.24) is 19.7 Å². The summed E-state index contributed by atoms with van der Waals surface area (Å²) in [5.41, 5.74) is 0.832. The van der Waals surface area contributed by atoms with E-state index in [9.17, 15) is 17.9 Å². The van der Waals surface area contributed by atoms with Crippen LogP contribution in [0.25, 0.3) is 11.3 Å². The molecule has 0 bridgehead atoms. The van der Waals surface area contributed by atoms with Crippen molar-refractivity contribution in [3.05, 3.63) is 60.5 Å². The first-order chi connectivity index (χ1) is 16.4. The van der Waals surface area contributed by atoms with Gasteiger partial charge >= 0.3 is 0 Å². The van der Waals surface area contributed by atoms with Gasteiger partial charge in [-0.25, -0.2) is 17.5 Å². The minimum absolute atomic E-state index is 0.115. The van der Waals surface area contributed by atoms with Crippen LogP contribution >= 0.6 is 0 Å². The highest BCUT2D eigenvalue weighted by atomic mass is 32.2. The molecule has 0 unspecified atom stereocenters. The largest absolute Gasteiger partial charge is 0.497 e. The third-order valence-corrected chi connectivity index (χ3v) is 7.35. The lowest BCUT2D eigenvalue weighted by Gasteiger charge is -2.36. The Morgan fingerprint density at radius 2 is 1.97 bits per heavy atom. The number of aryl methyl sites for hydroxylation is 1. The molecule has 182 valence electrons. The molecule has 1 aliphatic rings. The average Bonchev–Trinajstić information content (AvgIpc) is 3.32. The van der Waals surface area contributed by atoms with Gasteiger partial charge in [0.15, 0.2) is 0 Å². The normalized spacial score (nSPS) is 20.9. The minimum atomic E-state index is -3.78. The van der Waals surface area contributed by atoms with Gasteiger partial charge in [0.05, 0.1) is 43.1 Å². The Labute approximate surface area is 197 Å². The first kappa shape index (κ1) is 24.3. The molecule has 0 aliphatic carbocycles. The van der Waals surface area contributed by atoms with E-state index in [-0.39, 0.29) is 23.4 Å². The number of nitrogens with zero attached hydrogens (tertiary/aromatic N) is 3. The zero-order valence-corrected chi connectivity index (χ0v) is 19.5. The molecule has 0 spiro atoms. The van der Waals surface area contributed by atoms with E-state index in [0.29, 0.717) is 42.8 Å². The quantitative estimate of drug-likeness (QED) is 0.473. The van der Waals surface area contributed by atoms with Crippen molar-refractivity contribution in [2.45, 2.75) is 49.0 Å². The van der Waals surface area contributed by atoms with Gasteiger partial charge in [-0.05, 0) is 55.7 Å². The van der Waals surface area contributed by atoms with Gasteiger partial charge in [0, 0.05) is 12.1 Å². The van der Waals surface area contributed by atoms with Gasteiger partial charge in [0.2, 0.25) is 10.0 Å². The lowest BCUT2D eigenvalue weighted by molar-refractivity contribution is -0.0891.